The minimum absolute atomic E-state index is 0.000140. The van der Waals surface area contributed by atoms with Crippen LogP contribution in [0.25, 0.3) is 16.6 Å². The van der Waals surface area contributed by atoms with Gasteiger partial charge >= 0.3 is 0 Å². The summed E-state index contributed by atoms with van der Waals surface area (Å²) in [6, 6.07) is 16.9. The minimum atomic E-state index is -0.700. The third-order valence-corrected chi connectivity index (χ3v) is 5.09. The van der Waals surface area contributed by atoms with Crippen LogP contribution in [0, 0.1) is 18.6 Å². The second-order valence-corrected chi connectivity index (χ2v) is 7.26. The molecule has 0 N–H and O–H groups in total. The highest BCUT2D eigenvalue weighted by molar-refractivity contribution is 5.94. The van der Waals surface area contributed by atoms with E-state index in [-0.39, 0.29) is 23.6 Å². The number of rotatable bonds is 4. The Morgan fingerprint density at radius 1 is 1.03 bits per heavy atom. The molecule has 3 aromatic carbocycles. The van der Waals surface area contributed by atoms with Crippen molar-refractivity contribution in [3.8, 4) is 5.69 Å². The number of amides is 1. The number of carbonyl (C=O) groups excluding carboxylic acids is 1. The summed E-state index contributed by atoms with van der Waals surface area (Å²) in [6.45, 7) is 1.75. The SMILES string of the molecule is Cc1nc2ccccc2c(=O)n1-c1ccc(C(=O)N(C)Cc2ccc(F)cc2F)cc1. The molecule has 156 valence electrons. The number of aryl methyl sites for hydroxylation is 1. The number of hydrogen-bond acceptors (Lipinski definition) is 3. The molecule has 4 aromatic rings. The Hall–Kier alpha value is -3.87. The first-order valence-corrected chi connectivity index (χ1v) is 9.63. The monoisotopic (exact) mass is 419 g/mol. The zero-order valence-electron chi connectivity index (χ0n) is 17.0. The molecule has 0 aliphatic carbocycles. The average Bonchev–Trinajstić information content (AvgIpc) is 2.75. The molecule has 4 rings (SSSR count). The lowest BCUT2D eigenvalue weighted by Gasteiger charge is -2.18. The highest BCUT2D eigenvalue weighted by Crippen LogP contribution is 2.16. The Morgan fingerprint density at radius 3 is 2.45 bits per heavy atom. The molecule has 31 heavy (non-hydrogen) atoms. The van der Waals surface area contributed by atoms with Crippen LogP contribution in [0.2, 0.25) is 0 Å². The summed E-state index contributed by atoms with van der Waals surface area (Å²) in [4.78, 5) is 31.5. The summed E-state index contributed by atoms with van der Waals surface area (Å²) < 4.78 is 28.5. The molecule has 0 atom stereocenters. The fourth-order valence-electron chi connectivity index (χ4n) is 3.50. The van der Waals surface area contributed by atoms with Crippen molar-refractivity contribution in [2.45, 2.75) is 13.5 Å². The maximum atomic E-state index is 13.9. The maximum Gasteiger partial charge on any atom is 0.265 e. The average molecular weight is 419 g/mol. The number of hydrogen-bond donors (Lipinski definition) is 0. The predicted molar refractivity (Wildman–Crippen MR) is 114 cm³/mol. The minimum Gasteiger partial charge on any atom is -0.337 e. The molecule has 0 saturated heterocycles. The smallest absolute Gasteiger partial charge is 0.265 e. The molecule has 0 unspecified atom stereocenters. The van der Waals surface area contributed by atoms with E-state index in [0.29, 0.717) is 28.0 Å². The Labute approximate surface area is 177 Å². The van der Waals surface area contributed by atoms with E-state index in [1.165, 1.54) is 15.5 Å². The van der Waals surface area contributed by atoms with Crippen LogP contribution in [0.1, 0.15) is 21.7 Å². The van der Waals surface area contributed by atoms with Crippen molar-refractivity contribution in [3.05, 3.63) is 106 Å². The Kier molecular flexibility index (Phi) is 5.33. The van der Waals surface area contributed by atoms with Gasteiger partial charge in [-0.1, -0.05) is 18.2 Å². The van der Waals surface area contributed by atoms with E-state index in [4.69, 9.17) is 0 Å². The molecule has 1 aromatic heterocycles. The van der Waals surface area contributed by atoms with Gasteiger partial charge in [-0.3, -0.25) is 14.2 Å². The molecule has 0 aliphatic heterocycles. The quantitative estimate of drug-likeness (QED) is 0.497. The molecule has 1 amide bonds. The number of halogens is 2. The lowest BCUT2D eigenvalue weighted by atomic mass is 10.1. The molecule has 0 fully saturated rings. The number of aromatic nitrogens is 2. The molecule has 0 spiro atoms. The Balaban J connectivity index is 1.60. The predicted octanol–water partition coefficient (Wildman–Crippen LogP) is 4.24. The maximum absolute atomic E-state index is 13.9. The lowest BCUT2D eigenvalue weighted by Crippen LogP contribution is -2.27. The highest BCUT2D eigenvalue weighted by Gasteiger charge is 2.15. The summed E-state index contributed by atoms with van der Waals surface area (Å²) in [5, 5.41) is 0.509. The zero-order valence-corrected chi connectivity index (χ0v) is 17.0. The molecular formula is C24H19F2N3O2. The van der Waals surface area contributed by atoms with Crippen LogP contribution < -0.4 is 5.56 Å². The van der Waals surface area contributed by atoms with Gasteiger partial charge < -0.3 is 4.90 Å². The standard InChI is InChI=1S/C24H19F2N3O2/c1-15-27-22-6-4-3-5-20(22)24(31)29(15)19-11-8-16(9-12-19)23(30)28(2)14-17-7-10-18(25)13-21(17)26/h3-13H,14H2,1-2H3. The van der Waals surface area contributed by atoms with Gasteiger partial charge in [-0.05, 0) is 49.4 Å². The first kappa shape index (κ1) is 20.4. The van der Waals surface area contributed by atoms with Crippen molar-refractivity contribution in [2.75, 3.05) is 7.05 Å². The number of fused-ring (bicyclic) bond motifs is 1. The zero-order chi connectivity index (χ0) is 22.1. The summed E-state index contributed by atoms with van der Waals surface area (Å²) in [7, 11) is 1.54. The van der Waals surface area contributed by atoms with Gasteiger partial charge in [-0.2, -0.15) is 0 Å². The molecular weight excluding hydrogens is 400 g/mol. The number of para-hydroxylation sites is 1. The van der Waals surface area contributed by atoms with Gasteiger partial charge in [0.2, 0.25) is 0 Å². The summed E-state index contributed by atoms with van der Waals surface area (Å²) in [6.07, 6.45) is 0. The molecule has 0 aliphatic rings. The van der Waals surface area contributed by atoms with Crippen LogP contribution >= 0.6 is 0 Å². The number of benzene rings is 3. The third kappa shape index (κ3) is 3.94. The fourth-order valence-corrected chi connectivity index (χ4v) is 3.50. The van der Waals surface area contributed by atoms with E-state index in [0.717, 1.165) is 12.1 Å². The number of nitrogens with zero attached hydrogens (tertiary/aromatic N) is 3. The van der Waals surface area contributed by atoms with Crippen LogP contribution in [-0.4, -0.2) is 27.4 Å². The molecule has 7 heteroatoms. The van der Waals surface area contributed by atoms with Gasteiger partial charge in [0.1, 0.15) is 17.5 Å². The second kappa shape index (κ2) is 8.10. The van der Waals surface area contributed by atoms with Crippen LogP contribution in [0.3, 0.4) is 0 Å². The molecule has 5 nitrogen and oxygen atoms in total. The highest BCUT2D eigenvalue weighted by atomic mass is 19.1. The van der Waals surface area contributed by atoms with Crippen molar-refractivity contribution in [1.29, 1.82) is 0 Å². The van der Waals surface area contributed by atoms with E-state index in [2.05, 4.69) is 4.98 Å². The van der Waals surface area contributed by atoms with E-state index in [9.17, 15) is 18.4 Å². The fraction of sp³-hybridized carbons (Fsp3) is 0.125. The summed E-state index contributed by atoms with van der Waals surface area (Å²) in [5.41, 5.74) is 1.63. The molecule has 0 saturated carbocycles. The van der Waals surface area contributed by atoms with Gasteiger partial charge in [-0.25, -0.2) is 13.8 Å². The Morgan fingerprint density at radius 2 is 1.74 bits per heavy atom. The molecule has 1 heterocycles. The Bertz CT molecular complexity index is 1350. The van der Waals surface area contributed by atoms with Crippen molar-refractivity contribution < 1.29 is 13.6 Å². The van der Waals surface area contributed by atoms with Crippen molar-refractivity contribution in [3.63, 3.8) is 0 Å². The van der Waals surface area contributed by atoms with E-state index in [1.54, 1.807) is 56.4 Å². The summed E-state index contributed by atoms with van der Waals surface area (Å²) >= 11 is 0. The van der Waals surface area contributed by atoms with Gasteiger partial charge in [0.05, 0.1) is 16.6 Å². The second-order valence-electron chi connectivity index (χ2n) is 7.26. The molecule has 0 bridgehead atoms. The van der Waals surface area contributed by atoms with E-state index >= 15 is 0 Å². The van der Waals surface area contributed by atoms with E-state index in [1.807, 2.05) is 6.07 Å². The van der Waals surface area contributed by atoms with Crippen molar-refractivity contribution in [1.82, 2.24) is 14.5 Å². The van der Waals surface area contributed by atoms with E-state index < -0.39 is 11.6 Å². The van der Waals surface area contributed by atoms with Gasteiger partial charge in [-0.15, -0.1) is 0 Å². The first-order chi connectivity index (χ1) is 14.8. The topological polar surface area (TPSA) is 55.2 Å². The van der Waals surface area contributed by atoms with Crippen LogP contribution in [0.15, 0.2) is 71.5 Å². The van der Waals surface area contributed by atoms with Crippen molar-refractivity contribution >= 4 is 16.8 Å². The van der Waals surface area contributed by atoms with Crippen LogP contribution in [0.4, 0.5) is 8.78 Å². The largest absolute Gasteiger partial charge is 0.337 e. The lowest BCUT2D eigenvalue weighted by molar-refractivity contribution is 0.0784. The van der Waals surface area contributed by atoms with Gasteiger partial charge in [0.25, 0.3) is 11.5 Å². The first-order valence-electron chi connectivity index (χ1n) is 9.63. The third-order valence-electron chi connectivity index (χ3n) is 5.09. The molecule has 0 radical (unpaired) electrons. The van der Waals surface area contributed by atoms with Gasteiger partial charge in [0, 0.05) is 30.8 Å². The van der Waals surface area contributed by atoms with Crippen LogP contribution in [-0.2, 0) is 6.54 Å². The van der Waals surface area contributed by atoms with Gasteiger partial charge in [0.15, 0.2) is 0 Å². The normalized spacial score (nSPS) is 11.0. The van der Waals surface area contributed by atoms with Crippen LogP contribution in [0.5, 0.6) is 0 Å². The number of carbonyl (C=O) groups is 1. The summed E-state index contributed by atoms with van der Waals surface area (Å²) in [5.74, 6) is -1.16. The van der Waals surface area contributed by atoms with Crippen molar-refractivity contribution in [2.24, 2.45) is 0 Å².